The zero-order chi connectivity index (χ0) is 17.6. The van der Waals surface area contributed by atoms with E-state index in [-0.39, 0.29) is 42.1 Å². The zero-order valence-corrected chi connectivity index (χ0v) is 17.8. The van der Waals surface area contributed by atoms with Crippen LogP contribution in [0.4, 0.5) is 5.69 Å². The number of fused-ring (bicyclic) bond motifs is 1. The maximum absolute atomic E-state index is 12.7. The Bertz CT molecular complexity index is 825. The van der Waals surface area contributed by atoms with Crippen LogP contribution in [-0.4, -0.2) is 29.0 Å². The molecule has 28 heavy (non-hydrogen) atoms. The molecule has 1 atom stereocenters. The molecule has 3 N–H and O–H groups in total. The molecular formula is C21H30Cl2N4O. The van der Waals surface area contributed by atoms with Crippen LogP contribution in [0.15, 0.2) is 18.2 Å². The van der Waals surface area contributed by atoms with Gasteiger partial charge < -0.3 is 15.6 Å². The highest BCUT2D eigenvalue weighted by atomic mass is 35.5. The fourth-order valence-corrected chi connectivity index (χ4v) is 5.10. The summed E-state index contributed by atoms with van der Waals surface area (Å²) in [5.74, 6) is 2.08. The minimum absolute atomic E-state index is 0. The summed E-state index contributed by atoms with van der Waals surface area (Å²) in [5.41, 5.74) is 3.21. The van der Waals surface area contributed by atoms with Crippen LogP contribution in [0.25, 0.3) is 11.0 Å². The Morgan fingerprint density at radius 3 is 2.61 bits per heavy atom. The molecule has 1 unspecified atom stereocenters. The number of rotatable bonds is 3. The Kier molecular flexibility index (Phi) is 6.58. The number of H-pyrrole nitrogens is 1. The molecule has 2 heterocycles. The fourth-order valence-electron chi connectivity index (χ4n) is 5.10. The molecule has 2 aliphatic carbocycles. The molecule has 1 amide bonds. The van der Waals surface area contributed by atoms with Gasteiger partial charge in [0.25, 0.3) is 0 Å². The predicted molar refractivity (Wildman–Crippen MR) is 118 cm³/mol. The molecule has 0 radical (unpaired) electrons. The average Bonchev–Trinajstić information content (AvgIpc) is 3.19. The SMILES string of the molecule is Cl.Cl.O=C(Nc1ccc2nc(C3CCCCC3)[nH]c2c1)C1CC12CCNCC2. The monoisotopic (exact) mass is 424 g/mol. The molecule has 1 aromatic heterocycles. The van der Waals surface area contributed by atoms with E-state index in [4.69, 9.17) is 4.98 Å². The van der Waals surface area contributed by atoms with Crippen molar-refractivity contribution in [2.45, 2.75) is 57.3 Å². The van der Waals surface area contributed by atoms with Crippen molar-refractivity contribution in [2.24, 2.45) is 11.3 Å². The van der Waals surface area contributed by atoms with E-state index in [9.17, 15) is 4.79 Å². The summed E-state index contributed by atoms with van der Waals surface area (Å²) in [7, 11) is 0. The van der Waals surface area contributed by atoms with Crippen molar-refractivity contribution < 1.29 is 4.79 Å². The van der Waals surface area contributed by atoms with Gasteiger partial charge in [-0.25, -0.2) is 4.98 Å². The van der Waals surface area contributed by atoms with Crippen molar-refractivity contribution >= 4 is 47.4 Å². The normalized spacial score (nSPS) is 23.6. The molecule has 0 bridgehead atoms. The third kappa shape index (κ3) is 4.03. The number of aromatic nitrogens is 2. The summed E-state index contributed by atoms with van der Waals surface area (Å²) in [4.78, 5) is 21.0. The third-order valence-corrected chi connectivity index (χ3v) is 6.87. The number of hydrogen-bond donors (Lipinski definition) is 3. The van der Waals surface area contributed by atoms with E-state index in [0.29, 0.717) is 5.92 Å². The number of halogens is 2. The summed E-state index contributed by atoms with van der Waals surface area (Å²) in [6, 6.07) is 6.06. The summed E-state index contributed by atoms with van der Waals surface area (Å²) < 4.78 is 0. The molecule has 2 aromatic rings. The van der Waals surface area contributed by atoms with Crippen LogP contribution in [0.1, 0.15) is 63.1 Å². The molecule has 154 valence electrons. The molecule has 1 saturated heterocycles. The largest absolute Gasteiger partial charge is 0.342 e. The fraction of sp³-hybridized carbons (Fsp3) is 0.619. The smallest absolute Gasteiger partial charge is 0.228 e. The highest BCUT2D eigenvalue weighted by molar-refractivity contribution is 5.96. The first-order chi connectivity index (χ1) is 12.7. The van der Waals surface area contributed by atoms with Gasteiger partial charge in [0, 0.05) is 17.5 Å². The summed E-state index contributed by atoms with van der Waals surface area (Å²) >= 11 is 0. The minimum Gasteiger partial charge on any atom is -0.342 e. The van der Waals surface area contributed by atoms with Crippen molar-refractivity contribution in [3.63, 3.8) is 0 Å². The second-order valence-corrected chi connectivity index (χ2v) is 8.55. The molecule has 1 aliphatic heterocycles. The molecule has 1 spiro atoms. The van der Waals surface area contributed by atoms with E-state index in [1.54, 1.807) is 0 Å². The molecule has 5 nitrogen and oxygen atoms in total. The number of benzene rings is 1. The van der Waals surface area contributed by atoms with Gasteiger partial charge >= 0.3 is 0 Å². The van der Waals surface area contributed by atoms with Crippen molar-refractivity contribution in [3.8, 4) is 0 Å². The number of piperidine rings is 1. The molecule has 3 aliphatic rings. The Morgan fingerprint density at radius 1 is 1.11 bits per heavy atom. The van der Waals surface area contributed by atoms with Crippen LogP contribution in [0.2, 0.25) is 0 Å². The van der Waals surface area contributed by atoms with E-state index in [1.807, 2.05) is 18.2 Å². The summed E-state index contributed by atoms with van der Waals surface area (Å²) in [6.07, 6.45) is 9.77. The lowest BCUT2D eigenvalue weighted by Gasteiger charge is -2.23. The first-order valence-electron chi connectivity index (χ1n) is 10.2. The lowest BCUT2D eigenvalue weighted by Crippen LogP contribution is -2.31. The van der Waals surface area contributed by atoms with Gasteiger partial charge in [-0.3, -0.25) is 4.79 Å². The quantitative estimate of drug-likeness (QED) is 0.663. The zero-order valence-electron chi connectivity index (χ0n) is 16.1. The minimum atomic E-state index is 0. The van der Waals surface area contributed by atoms with Gasteiger partial charge in [-0.15, -0.1) is 24.8 Å². The van der Waals surface area contributed by atoms with Crippen molar-refractivity contribution in [2.75, 3.05) is 18.4 Å². The number of nitrogens with zero attached hydrogens (tertiary/aromatic N) is 1. The topological polar surface area (TPSA) is 69.8 Å². The molecule has 2 saturated carbocycles. The number of imidazole rings is 1. The van der Waals surface area contributed by atoms with Crippen molar-refractivity contribution in [1.29, 1.82) is 0 Å². The maximum Gasteiger partial charge on any atom is 0.228 e. The number of carbonyl (C=O) groups is 1. The molecule has 1 aromatic carbocycles. The van der Waals surface area contributed by atoms with E-state index in [0.717, 1.165) is 54.9 Å². The number of anilines is 1. The third-order valence-electron chi connectivity index (χ3n) is 6.87. The Hall–Kier alpha value is -1.30. The molecule has 5 rings (SSSR count). The van der Waals surface area contributed by atoms with Crippen LogP contribution in [-0.2, 0) is 4.79 Å². The first kappa shape index (κ1) is 21.4. The Labute approximate surface area is 178 Å². The summed E-state index contributed by atoms with van der Waals surface area (Å²) in [6.45, 7) is 2.10. The van der Waals surface area contributed by atoms with Crippen LogP contribution in [0, 0.1) is 11.3 Å². The van der Waals surface area contributed by atoms with Crippen LogP contribution >= 0.6 is 24.8 Å². The molecular weight excluding hydrogens is 395 g/mol. The number of aromatic amines is 1. The second kappa shape index (κ2) is 8.60. The number of hydrogen-bond acceptors (Lipinski definition) is 3. The van der Waals surface area contributed by atoms with E-state index >= 15 is 0 Å². The summed E-state index contributed by atoms with van der Waals surface area (Å²) in [5, 5.41) is 6.55. The first-order valence-corrected chi connectivity index (χ1v) is 10.2. The van der Waals surface area contributed by atoms with Crippen molar-refractivity contribution in [3.05, 3.63) is 24.0 Å². The van der Waals surface area contributed by atoms with Crippen LogP contribution in [0.5, 0.6) is 0 Å². The predicted octanol–water partition coefficient (Wildman–Crippen LogP) is 4.78. The van der Waals surface area contributed by atoms with Gasteiger partial charge in [0.15, 0.2) is 0 Å². The van der Waals surface area contributed by atoms with E-state index in [2.05, 4.69) is 15.6 Å². The van der Waals surface area contributed by atoms with Gasteiger partial charge in [0.1, 0.15) is 5.82 Å². The van der Waals surface area contributed by atoms with Gasteiger partial charge in [-0.2, -0.15) is 0 Å². The molecule has 7 heteroatoms. The number of amides is 1. The maximum atomic E-state index is 12.7. The van der Waals surface area contributed by atoms with Gasteiger partial charge in [0.2, 0.25) is 5.91 Å². The Balaban J connectivity index is 0.00000112. The second-order valence-electron chi connectivity index (χ2n) is 8.55. The number of nitrogens with one attached hydrogen (secondary N) is 3. The number of carbonyl (C=O) groups excluding carboxylic acids is 1. The van der Waals surface area contributed by atoms with Crippen molar-refractivity contribution in [1.82, 2.24) is 15.3 Å². The van der Waals surface area contributed by atoms with Crippen LogP contribution in [0.3, 0.4) is 0 Å². The molecule has 3 fully saturated rings. The van der Waals surface area contributed by atoms with E-state index in [1.165, 1.54) is 32.1 Å². The average molecular weight is 425 g/mol. The highest BCUT2D eigenvalue weighted by Crippen LogP contribution is 2.58. The lowest BCUT2D eigenvalue weighted by molar-refractivity contribution is -0.118. The lowest BCUT2D eigenvalue weighted by atomic mass is 9.89. The van der Waals surface area contributed by atoms with E-state index < -0.39 is 0 Å². The van der Waals surface area contributed by atoms with Gasteiger partial charge in [0.05, 0.1) is 11.0 Å². The van der Waals surface area contributed by atoms with Gasteiger partial charge in [-0.1, -0.05) is 19.3 Å². The van der Waals surface area contributed by atoms with Gasteiger partial charge in [-0.05, 0) is 68.8 Å². The highest BCUT2D eigenvalue weighted by Gasteiger charge is 2.57. The Morgan fingerprint density at radius 2 is 1.86 bits per heavy atom. The van der Waals surface area contributed by atoms with Crippen LogP contribution < -0.4 is 10.6 Å². The standard InChI is InChI=1S/C21H28N4O.2ClH/c26-20(16-13-21(16)8-10-22-11-9-21)23-15-6-7-17-18(12-15)25-19(24-17)14-4-2-1-3-5-14;;/h6-7,12,14,16,22H,1-5,8-11,13H2,(H,23,26)(H,24,25);2*1H.